The number of carbonyl (C=O) groups excluding carboxylic acids is 1. The first kappa shape index (κ1) is 24.1. The number of fused-ring (bicyclic) bond motifs is 1. The number of anilines is 2. The van der Waals surface area contributed by atoms with Gasteiger partial charge in [-0.1, -0.05) is 30.3 Å². The zero-order valence-corrected chi connectivity index (χ0v) is 20.7. The van der Waals surface area contributed by atoms with Crippen LogP contribution >= 0.6 is 0 Å². The van der Waals surface area contributed by atoms with E-state index >= 15 is 0 Å². The van der Waals surface area contributed by atoms with E-state index in [4.69, 9.17) is 9.72 Å². The van der Waals surface area contributed by atoms with Gasteiger partial charge in [0, 0.05) is 43.2 Å². The standard InChI is InChI=1S/C30H28N4O3/c1-34(16-17-37-2)25-13-11-24(12-14-25)31-30(36)21-8-6-20(7-9-21)29-32-27-15-10-23(19-28(27)33-29)22-4-3-5-26(35)18-22/h3-15,18-19,35H,16-17H2,1-2H3,(H,31,36)(H,32,33). The van der Waals surface area contributed by atoms with E-state index in [9.17, 15) is 9.90 Å². The van der Waals surface area contributed by atoms with Crippen LogP contribution in [0.25, 0.3) is 33.5 Å². The lowest BCUT2D eigenvalue weighted by Gasteiger charge is -2.19. The van der Waals surface area contributed by atoms with E-state index in [1.165, 1.54) is 0 Å². The van der Waals surface area contributed by atoms with E-state index in [2.05, 4.69) is 15.2 Å². The SMILES string of the molecule is COCCN(C)c1ccc(NC(=O)c2ccc(-c3nc4ccc(-c5cccc(O)c5)cc4[nH]3)cc2)cc1. The first-order chi connectivity index (χ1) is 18.0. The fraction of sp³-hybridized carbons (Fsp3) is 0.133. The zero-order valence-electron chi connectivity index (χ0n) is 20.7. The minimum Gasteiger partial charge on any atom is -0.508 e. The van der Waals surface area contributed by atoms with Crippen LogP contribution in [0.4, 0.5) is 11.4 Å². The number of H-pyrrole nitrogens is 1. The molecule has 0 spiro atoms. The summed E-state index contributed by atoms with van der Waals surface area (Å²) < 4.78 is 5.12. The summed E-state index contributed by atoms with van der Waals surface area (Å²) in [6.45, 7) is 1.44. The van der Waals surface area contributed by atoms with Gasteiger partial charge in [0.25, 0.3) is 5.91 Å². The molecular formula is C30H28N4O3. The van der Waals surface area contributed by atoms with Gasteiger partial charge in [0.2, 0.25) is 0 Å². The van der Waals surface area contributed by atoms with Crippen molar-refractivity contribution in [1.82, 2.24) is 9.97 Å². The molecule has 5 aromatic rings. The number of aromatic amines is 1. The molecule has 5 rings (SSSR count). The second-order valence-electron chi connectivity index (χ2n) is 8.86. The van der Waals surface area contributed by atoms with Gasteiger partial charge in [0.05, 0.1) is 17.6 Å². The van der Waals surface area contributed by atoms with Gasteiger partial charge < -0.3 is 25.0 Å². The number of aromatic nitrogens is 2. The minimum atomic E-state index is -0.174. The predicted octanol–water partition coefficient (Wildman–Crippen LogP) is 5.94. The third kappa shape index (κ3) is 5.47. The van der Waals surface area contributed by atoms with Crippen molar-refractivity contribution in [3.05, 3.63) is 96.6 Å². The lowest BCUT2D eigenvalue weighted by molar-refractivity contribution is 0.102. The summed E-state index contributed by atoms with van der Waals surface area (Å²) in [5.41, 5.74) is 6.90. The van der Waals surface area contributed by atoms with Crippen molar-refractivity contribution in [2.75, 3.05) is 37.5 Å². The van der Waals surface area contributed by atoms with Gasteiger partial charge in [0.1, 0.15) is 11.6 Å². The molecule has 0 aliphatic heterocycles. The van der Waals surface area contributed by atoms with E-state index in [-0.39, 0.29) is 11.7 Å². The summed E-state index contributed by atoms with van der Waals surface area (Å²) in [6, 6.07) is 28.2. The van der Waals surface area contributed by atoms with Crippen molar-refractivity contribution in [2.24, 2.45) is 0 Å². The van der Waals surface area contributed by atoms with Gasteiger partial charge in [-0.15, -0.1) is 0 Å². The van der Waals surface area contributed by atoms with Crippen LogP contribution in [0.5, 0.6) is 5.75 Å². The molecule has 0 saturated carbocycles. The van der Waals surface area contributed by atoms with Gasteiger partial charge in [-0.3, -0.25) is 4.79 Å². The number of nitrogens with zero attached hydrogens (tertiary/aromatic N) is 2. The average molecular weight is 493 g/mol. The number of amides is 1. The summed E-state index contributed by atoms with van der Waals surface area (Å²) in [5, 5.41) is 12.7. The maximum atomic E-state index is 12.8. The van der Waals surface area contributed by atoms with Crippen LogP contribution in [0.3, 0.4) is 0 Å². The molecule has 0 fully saturated rings. The van der Waals surface area contributed by atoms with Crippen molar-refractivity contribution in [3.63, 3.8) is 0 Å². The van der Waals surface area contributed by atoms with Gasteiger partial charge in [0.15, 0.2) is 0 Å². The molecule has 0 aliphatic carbocycles. The highest BCUT2D eigenvalue weighted by atomic mass is 16.5. The van der Waals surface area contributed by atoms with Crippen LogP contribution in [0.2, 0.25) is 0 Å². The minimum absolute atomic E-state index is 0.174. The van der Waals surface area contributed by atoms with Crippen molar-refractivity contribution in [1.29, 1.82) is 0 Å². The molecule has 186 valence electrons. The number of imidazole rings is 1. The molecule has 1 aromatic heterocycles. The smallest absolute Gasteiger partial charge is 0.255 e. The number of carbonyl (C=O) groups is 1. The van der Waals surface area contributed by atoms with E-state index < -0.39 is 0 Å². The molecule has 0 aliphatic rings. The molecule has 0 bridgehead atoms. The summed E-state index contributed by atoms with van der Waals surface area (Å²) in [5.74, 6) is 0.783. The number of hydrogen-bond donors (Lipinski definition) is 3. The van der Waals surface area contributed by atoms with Crippen molar-refractivity contribution in [3.8, 4) is 28.3 Å². The Bertz CT molecular complexity index is 1530. The number of phenolic OH excluding ortho intramolecular Hbond substituents is 1. The Balaban J connectivity index is 1.28. The fourth-order valence-corrected chi connectivity index (χ4v) is 4.15. The largest absolute Gasteiger partial charge is 0.508 e. The lowest BCUT2D eigenvalue weighted by atomic mass is 10.1. The highest BCUT2D eigenvalue weighted by molar-refractivity contribution is 6.04. The number of ether oxygens (including phenoxy) is 1. The third-order valence-electron chi connectivity index (χ3n) is 6.28. The van der Waals surface area contributed by atoms with Gasteiger partial charge >= 0.3 is 0 Å². The Labute approximate surface area is 215 Å². The van der Waals surface area contributed by atoms with Crippen molar-refractivity contribution < 1.29 is 14.6 Å². The molecule has 1 amide bonds. The van der Waals surface area contributed by atoms with Crippen molar-refractivity contribution >= 4 is 28.3 Å². The van der Waals surface area contributed by atoms with E-state index in [1.54, 1.807) is 31.4 Å². The maximum absolute atomic E-state index is 12.8. The van der Waals surface area contributed by atoms with Gasteiger partial charge in [-0.2, -0.15) is 0 Å². The molecule has 37 heavy (non-hydrogen) atoms. The van der Waals surface area contributed by atoms with Crippen LogP contribution in [-0.4, -0.2) is 48.3 Å². The highest BCUT2D eigenvalue weighted by Crippen LogP contribution is 2.28. The Kier molecular flexibility index (Phi) is 6.87. The van der Waals surface area contributed by atoms with Crippen molar-refractivity contribution in [2.45, 2.75) is 0 Å². The van der Waals surface area contributed by atoms with Crippen LogP contribution in [0.1, 0.15) is 10.4 Å². The van der Waals surface area contributed by atoms with E-state index in [0.717, 1.165) is 51.5 Å². The molecule has 7 nitrogen and oxygen atoms in total. The normalized spacial score (nSPS) is 11.0. The number of aromatic hydroxyl groups is 1. The Hall–Kier alpha value is -4.62. The summed E-state index contributed by atoms with van der Waals surface area (Å²) >= 11 is 0. The summed E-state index contributed by atoms with van der Waals surface area (Å²) in [4.78, 5) is 22.9. The first-order valence-corrected chi connectivity index (χ1v) is 12.0. The number of likely N-dealkylation sites (N-methyl/N-ethyl adjacent to an activating group) is 1. The average Bonchev–Trinajstić information content (AvgIpc) is 3.36. The summed E-state index contributed by atoms with van der Waals surface area (Å²) in [6.07, 6.45) is 0. The molecular weight excluding hydrogens is 464 g/mol. The summed E-state index contributed by atoms with van der Waals surface area (Å²) in [7, 11) is 3.69. The predicted molar refractivity (Wildman–Crippen MR) is 148 cm³/mol. The monoisotopic (exact) mass is 492 g/mol. The van der Waals surface area contributed by atoms with Crippen LogP contribution in [0, 0.1) is 0 Å². The zero-order chi connectivity index (χ0) is 25.8. The number of nitrogens with one attached hydrogen (secondary N) is 2. The Morgan fingerprint density at radius 1 is 0.946 bits per heavy atom. The molecule has 1 heterocycles. The highest BCUT2D eigenvalue weighted by Gasteiger charge is 2.11. The lowest BCUT2D eigenvalue weighted by Crippen LogP contribution is -2.21. The molecule has 0 saturated heterocycles. The molecule has 0 atom stereocenters. The van der Waals surface area contributed by atoms with Crippen LogP contribution in [-0.2, 0) is 4.74 Å². The quantitative estimate of drug-likeness (QED) is 0.250. The number of rotatable bonds is 8. The Morgan fingerprint density at radius 3 is 2.41 bits per heavy atom. The molecule has 3 N–H and O–H groups in total. The third-order valence-corrected chi connectivity index (χ3v) is 6.28. The molecule has 7 heteroatoms. The topological polar surface area (TPSA) is 90.5 Å². The van der Waals surface area contributed by atoms with Gasteiger partial charge in [-0.05, 0) is 71.8 Å². The number of hydrogen-bond acceptors (Lipinski definition) is 5. The molecule has 0 radical (unpaired) electrons. The second kappa shape index (κ2) is 10.6. The van der Waals surface area contributed by atoms with Crippen LogP contribution < -0.4 is 10.2 Å². The number of benzene rings is 4. The molecule has 0 unspecified atom stereocenters. The first-order valence-electron chi connectivity index (χ1n) is 12.0. The number of methoxy groups -OCH3 is 1. The Morgan fingerprint density at radius 2 is 1.68 bits per heavy atom. The maximum Gasteiger partial charge on any atom is 0.255 e. The number of phenols is 1. The van der Waals surface area contributed by atoms with Gasteiger partial charge in [-0.25, -0.2) is 4.98 Å². The second-order valence-corrected chi connectivity index (χ2v) is 8.86. The fourth-order valence-electron chi connectivity index (χ4n) is 4.15. The molecule has 4 aromatic carbocycles. The van der Waals surface area contributed by atoms with E-state index in [1.807, 2.05) is 73.8 Å². The van der Waals surface area contributed by atoms with Crippen LogP contribution in [0.15, 0.2) is 91.0 Å². The van der Waals surface area contributed by atoms with E-state index in [0.29, 0.717) is 12.2 Å².